The lowest BCUT2D eigenvalue weighted by Gasteiger charge is -2.24. The van der Waals surface area contributed by atoms with E-state index in [2.05, 4.69) is 46.4 Å². The van der Waals surface area contributed by atoms with Crippen molar-refractivity contribution in [2.75, 3.05) is 19.6 Å². The second-order valence-electron chi connectivity index (χ2n) is 12.4. The summed E-state index contributed by atoms with van der Waals surface area (Å²) in [4.78, 5) is 15.3. The Kier molecular flexibility index (Phi) is 17.3. The fourth-order valence-electron chi connectivity index (χ4n) is 5.35. The zero-order chi connectivity index (χ0) is 26.1. The van der Waals surface area contributed by atoms with Crippen molar-refractivity contribution in [3.63, 3.8) is 0 Å². The van der Waals surface area contributed by atoms with Gasteiger partial charge in [0.2, 0.25) is 0 Å². The van der Waals surface area contributed by atoms with Crippen LogP contribution in [0, 0.1) is 9.93 Å². The van der Waals surface area contributed by atoms with Crippen LogP contribution in [0.5, 0.6) is 0 Å². The molecule has 0 bridgehead atoms. The SMILES string of the molecule is CCCCCCCCN(CCCCCCCC)CCCc1c(C(C)CCCC(C)(C)C)c(=S)c1=O. The monoisotopic (exact) mass is 505 g/mol. The molecular formula is C32H59NOS. The Labute approximate surface area is 224 Å². The van der Waals surface area contributed by atoms with Crippen LogP contribution in [0.3, 0.4) is 0 Å². The minimum absolute atomic E-state index is 0.177. The standard InChI is InChI=1S/C32H59NOS/c1-7-9-11-13-15-17-24-33(25-18-16-14-12-10-8-2)26-20-22-28-29(31(35)30(28)34)27(3)21-19-23-32(4,5)6/h27H,7-26H2,1-6H3. The van der Waals surface area contributed by atoms with E-state index in [1.807, 2.05) is 0 Å². The van der Waals surface area contributed by atoms with Crippen LogP contribution in [0.2, 0.25) is 0 Å². The lowest BCUT2D eigenvalue weighted by Crippen LogP contribution is -2.29. The highest BCUT2D eigenvalue weighted by Gasteiger charge is 2.22. The molecule has 0 spiro atoms. The summed E-state index contributed by atoms with van der Waals surface area (Å²) in [5.41, 5.74) is 2.85. The summed E-state index contributed by atoms with van der Waals surface area (Å²) in [5, 5.41) is 0. The molecular weight excluding hydrogens is 446 g/mol. The topological polar surface area (TPSA) is 20.3 Å². The van der Waals surface area contributed by atoms with Gasteiger partial charge in [0.1, 0.15) is 0 Å². The zero-order valence-electron chi connectivity index (χ0n) is 24.5. The van der Waals surface area contributed by atoms with E-state index in [0.29, 0.717) is 15.8 Å². The Bertz CT molecular complexity index is 709. The molecule has 0 amide bonds. The van der Waals surface area contributed by atoms with Gasteiger partial charge in [-0.2, -0.15) is 0 Å². The third kappa shape index (κ3) is 14.1. The van der Waals surface area contributed by atoms with Crippen LogP contribution in [0.1, 0.15) is 161 Å². The Morgan fingerprint density at radius 3 is 1.74 bits per heavy atom. The van der Waals surface area contributed by atoms with Gasteiger partial charge in [-0.3, -0.25) is 4.79 Å². The van der Waals surface area contributed by atoms with E-state index in [-0.39, 0.29) is 5.43 Å². The van der Waals surface area contributed by atoms with E-state index in [4.69, 9.17) is 12.2 Å². The van der Waals surface area contributed by atoms with Crippen LogP contribution in [-0.2, 0) is 6.42 Å². The van der Waals surface area contributed by atoms with Crippen molar-refractivity contribution in [1.82, 2.24) is 4.90 Å². The maximum absolute atomic E-state index is 12.6. The van der Waals surface area contributed by atoms with Crippen molar-refractivity contribution in [3.05, 3.63) is 25.9 Å². The largest absolute Gasteiger partial charge is 0.303 e. The van der Waals surface area contributed by atoms with Gasteiger partial charge >= 0.3 is 0 Å². The van der Waals surface area contributed by atoms with Crippen LogP contribution >= 0.6 is 12.2 Å². The zero-order valence-corrected chi connectivity index (χ0v) is 25.3. The number of hydrogen-bond acceptors (Lipinski definition) is 3. The molecule has 0 radical (unpaired) electrons. The van der Waals surface area contributed by atoms with Gasteiger partial charge in [-0.1, -0.05) is 124 Å². The van der Waals surface area contributed by atoms with Crippen molar-refractivity contribution in [2.24, 2.45) is 5.41 Å². The summed E-state index contributed by atoms with van der Waals surface area (Å²) in [6, 6.07) is 0. The summed E-state index contributed by atoms with van der Waals surface area (Å²) in [5.74, 6) is 0.430. The van der Waals surface area contributed by atoms with E-state index < -0.39 is 0 Å². The number of rotatable bonds is 22. The quantitative estimate of drug-likeness (QED) is 0.115. The Balaban J connectivity index is 2.52. The Morgan fingerprint density at radius 2 is 1.23 bits per heavy atom. The highest BCUT2D eigenvalue weighted by Crippen LogP contribution is 2.30. The van der Waals surface area contributed by atoms with Gasteiger partial charge in [-0.05, 0) is 75.1 Å². The summed E-state index contributed by atoms with van der Waals surface area (Å²) in [6.07, 6.45) is 21.9. The maximum atomic E-state index is 12.6. The van der Waals surface area contributed by atoms with Gasteiger partial charge in [0.15, 0.2) is 5.43 Å². The smallest absolute Gasteiger partial charge is 0.200 e. The molecule has 0 heterocycles. The molecule has 0 aromatic heterocycles. The summed E-state index contributed by atoms with van der Waals surface area (Å²) >= 11 is 5.49. The van der Waals surface area contributed by atoms with Crippen molar-refractivity contribution in [1.29, 1.82) is 0 Å². The molecule has 1 aromatic carbocycles. The van der Waals surface area contributed by atoms with Gasteiger partial charge in [0, 0.05) is 5.56 Å². The molecule has 0 aliphatic heterocycles. The number of unbranched alkanes of at least 4 members (excludes halogenated alkanes) is 10. The van der Waals surface area contributed by atoms with Crippen molar-refractivity contribution in [2.45, 2.75) is 157 Å². The van der Waals surface area contributed by atoms with E-state index in [1.54, 1.807) is 0 Å². The molecule has 0 saturated heterocycles. The van der Waals surface area contributed by atoms with Crippen molar-refractivity contribution >= 4 is 12.2 Å². The Morgan fingerprint density at radius 1 is 0.743 bits per heavy atom. The normalized spacial score (nSPS) is 13.2. The van der Waals surface area contributed by atoms with Crippen LogP contribution in [0.15, 0.2) is 4.79 Å². The maximum Gasteiger partial charge on any atom is 0.200 e. The average Bonchev–Trinajstić information content (AvgIpc) is 2.80. The molecule has 0 aliphatic carbocycles. The van der Waals surface area contributed by atoms with Crippen molar-refractivity contribution < 1.29 is 0 Å². The van der Waals surface area contributed by atoms with E-state index in [1.165, 1.54) is 109 Å². The first-order chi connectivity index (χ1) is 16.7. The molecule has 2 nitrogen and oxygen atoms in total. The van der Waals surface area contributed by atoms with Gasteiger partial charge < -0.3 is 4.90 Å². The highest BCUT2D eigenvalue weighted by atomic mass is 32.1. The third-order valence-corrected chi connectivity index (χ3v) is 8.07. The minimum atomic E-state index is 0.177. The number of nitrogens with zero attached hydrogens (tertiary/aromatic N) is 1. The predicted molar refractivity (Wildman–Crippen MR) is 159 cm³/mol. The lowest BCUT2D eigenvalue weighted by molar-refractivity contribution is 0.257. The van der Waals surface area contributed by atoms with E-state index >= 15 is 0 Å². The fraction of sp³-hybridized carbons (Fsp3) is 0.875. The Hall–Kier alpha value is -0.540. The fourth-order valence-corrected chi connectivity index (χ4v) is 5.80. The van der Waals surface area contributed by atoms with Gasteiger partial charge in [0.25, 0.3) is 0 Å². The van der Waals surface area contributed by atoms with E-state index in [9.17, 15) is 4.79 Å². The summed E-state index contributed by atoms with van der Waals surface area (Å²) in [7, 11) is 0. The van der Waals surface area contributed by atoms with Crippen LogP contribution in [0.4, 0.5) is 0 Å². The molecule has 3 heteroatoms. The molecule has 204 valence electrons. The molecule has 35 heavy (non-hydrogen) atoms. The average molecular weight is 506 g/mol. The number of hydrogen-bond donors (Lipinski definition) is 0. The van der Waals surface area contributed by atoms with Crippen LogP contribution in [-0.4, -0.2) is 24.5 Å². The highest BCUT2D eigenvalue weighted by molar-refractivity contribution is 7.71. The minimum Gasteiger partial charge on any atom is -0.303 e. The molecule has 1 unspecified atom stereocenters. The van der Waals surface area contributed by atoms with Gasteiger partial charge in [-0.15, -0.1) is 0 Å². The molecule has 0 aliphatic rings. The third-order valence-electron chi connectivity index (χ3n) is 7.66. The molecule has 1 rings (SSSR count). The second kappa shape index (κ2) is 18.7. The van der Waals surface area contributed by atoms with Crippen LogP contribution < -0.4 is 5.43 Å². The van der Waals surface area contributed by atoms with E-state index in [0.717, 1.165) is 31.4 Å². The summed E-state index contributed by atoms with van der Waals surface area (Å²) < 4.78 is 0.638. The first-order valence-corrected chi connectivity index (χ1v) is 15.7. The second-order valence-corrected chi connectivity index (χ2v) is 12.8. The first kappa shape index (κ1) is 32.5. The first-order valence-electron chi connectivity index (χ1n) is 15.3. The van der Waals surface area contributed by atoms with Gasteiger partial charge in [0.05, 0.1) is 4.51 Å². The van der Waals surface area contributed by atoms with Crippen LogP contribution in [0.25, 0.3) is 0 Å². The van der Waals surface area contributed by atoms with Crippen molar-refractivity contribution in [3.8, 4) is 0 Å². The molecule has 0 saturated carbocycles. The molecule has 0 N–H and O–H groups in total. The lowest BCUT2D eigenvalue weighted by atomic mass is 9.83. The summed E-state index contributed by atoms with van der Waals surface area (Å²) in [6.45, 7) is 17.3. The molecule has 1 aromatic rings. The molecule has 0 fully saturated rings. The molecule has 1 atom stereocenters. The predicted octanol–water partition coefficient (Wildman–Crippen LogP) is 9.93. The van der Waals surface area contributed by atoms with Gasteiger partial charge in [-0.25, -0.2) is 0 Å².